The Bertz CT molecular complexity index is 791. The lowest BCUT2D eigenvalue weighted by atomic mass is 9.91. The number of furan rings is 1. The fraction of sp³-hybridized carbons (Fsp3) is 0.429. The van der Waals surface area contributed by atoms with Crippen LogP contribution in [0.15, 0.2) is 47.1 Å². The second-order valence-electron chi connectivity index (χ2n) is 7.41. The first-order valence-electron chi connectivity index (χ1n) is 9.33. The van der Waals surface area contributed by atoms with Crippen molar-refractivity contribution < 1.29 is 14.0 Å². The number of fused-ring (bicyclic) bond motifs is 1. The molecule has 0 bridgehead atoms. The zero-order valence-corrected chi connectivity index (χ0v) is 15.1. The van der Waals surface area contributed by atoms with Gasteiger partial charge in [0, 0.05) is 26.1 Å². The van der Waals surface area contributed by atoms with Crippen molar-refractivity contribution in [3.63, 3.8) is 0 Å². The standard InChI is InChI=1S/C21H24N2O3/c1-15-8-10-22(11-9-15)20(24)18-13-16-5-2-3-6-17(16)14-23(18)21(25)19-7-4-12-26-19/h2-7,12,15,18H,8-11,13-14H2,1H3/t18-/m0/s1. The molecule has 0 radical (unpaired) electrons. The van der Waals surface area contributed by atoms with Gasteiger partial charge in [-0.3, -0.25) is 9.59 Å². The van der Waals surface area contributed by atoms with E-state index in [1.165, 1.54) is 6.26 Å². The topological polar surface area (TPSA) is 53.8 Å². The van der Waals surface area contributed by atoms with Gasteiger partial charge in [-0.05, 0) is 42.0 Å². The molecular formula is C21H24N2O3. The van der Waals surface area contributed by atoms with Gasteiger partial charge in [-0.15, -0.1) is 0 Å². The minimum atomic E-state index is -0.462. The van der Waals surface area contributed by atoms with Gasteiger partial charge >= 0.3 is 0 Å². The molecule has 26 heavy (non-hydrogen) atoms. The van der Waals surface area contributed by atoms with Crippen molar-refractivity contribution in [2.24, 2.45) is 5.92 Å². The second-order valence-corrected chi connectivity index (χ2v) is 7.41. The Morgan fingerprint density at radius 3 is 2.46 bits per heavy atom. The lowest BCUT2D eigenvalue weighted by molar-refractivity contribution is -0.138. The molecule has 4 rings (SSSR count). The van der Waals surface area contributed by atoms with Crippen molar-refractivity contribution in [3.05, 3.63) is 59.5 Å². The van der Waals surface area contributed by atoms with E-state index in [1.807, 2.05) is 23.1 Å². The number of benzene rings is 1. The van der Waals surface area contributed by atoms with Crippen molar-refractivity contribution in [2.75, 3.05) is 13.1 Å². The van der Waals surface area contributed by atoms with Gasteiger partial charge in [-0.1, -0.05) is 31.2 Å². The van der Waals surface area contributed by atoms with Crippen LogP contribution < -0.4 is 0 Å². The zero-order valence-electron chi connectivity index (χ0n) is 15.1. The number of carbonyl (C=O) groups excluding carboxylic acids is 2. The Kier molecular flexibility index (Phi) is 4.53. The minimum Gasteiger partial charge on any atom is -0.459 e. The zero-order chi connectivity index (χ0) is 18.1. The molecule has 5 nitrogen and oxygen atoms in total. The van der Waals surface area contributed by atoms with Crippen LogP contribution in [0.5, 0.6) is 0 Å². The van der Waals surface area contributed by atoms with Crippen LogP contribution in [0.1, 0.15) is 41.4 Å². The first-order valence-corrected chi connectivity index (χ1v) is 9.33. The fourth-order valence-corrected chi connectivity index (χ4v) is 3.94. The van der Waals surface area contributed by atoms with Crippen molar-refractivity contribution in [3.8, 4) is 0 Å². The molecule has 136 valence electrons. The molecule has 0 spiro atoms. The normalized spacial score (nSPS) is 20.7. The molecule has 1 aromatic carbocycles. The molecule has 2 aromatic rings. The molecule has 5 heteroatoms. The highest BCUT2D eigenvalue weighted by Gasteiger charge is 2.38. The highest BCUT2D eigenvalue weighted by molar-refractivity contribution is 5.96. The van der Waals surface area contributed by atoms with Gasteiger partial charge in [-0.25, -0.2) is 0 Å². The lowest BCUT2D eigenvalue weighted by Crippen LogP contribution is -2.54. The Morgan fingerprint density at radius 2 is 1.77 bits per heavy atom. The van der Waals surface area contributed by atoms with Gasteiger partial charge in [0.25, 0.3) is 5.91 Å². The summed E-state index contributed by atoms with van der Waals surface area (Å²) >= 11 is 0. The third-order valence-corrected chi connectivity index (χ3v) is 5.62. The summed E-state index contributed by atoms with van der Waals surface area (Å²) in [5, 5.41) is 0. The van der Waals surface area contributed by atoms with Crippen LogP contribution in [-0.2, 0) is 17.8 Å². The SMILES string of the molecule is CC1CCN(C(=O)[C@@H]2Cc3ccccc3CN2C(=O)c2ccco2)CC1. The summed E-state index contributed by atoms with van der Waals surface area (Å²) in [6, 6.07) is 11.0. The van der Waals surface area contributed by atoms with E-state index in [1.54, 1.807) is 17.0 Å². The molecule has 0 N–H and O–H groups in total. The van der Waals surface area contributed by atoms with Crippen molar-refractivity contribution in [1.82, 2.24) is 9.80 Å². The molecular weight excluding hydrogens is 328 g/mol. The first kappa shape index (κ1) is 16.9. The summed E-state index contributed by atoms with van der Waals surface area (Å²) in [6.45, 7) is 4.23. The molecule has 3 heterocycles. The van der Waals surface area contributed by atoms with E-state index in [0.717, 1.165) is 37.1 Å². The molecule has 1 saturated heterocycles. The van der Waals surface area contributed by atoms with Gasteiger partial charge < -0.3 is 14.2 Å². The Balaban J connectivity index is 1.63. The van der Waals surface area contributed by atoms with Crippen LogP contribution in [0.3, 0.4) is 0 Å². The van der Waals surface area contributed by atoms with E-state index in [-0.39, 0.29) is 17.6 Å². The number of piperidine rings is 1. The third-order valence-electron chi connectivity index (χ3n) is 5.62. The highest BCUT2D eigenvalue weighted by Crippen LogP contribution is 2.27. The molecule has 2 aliphatic heterocycles. The summed E-state index contributed by atoms with van der Waals surface area (Å²) < 4.78 is 5.31. The highest BCUT2D eigenvalue weighted by atomic mass is 16.3. The molecule has 0 saturated carbocycles. The summed E-state index contributed by atoms with van der Waals surface area (Å²) in [4.78, 5) is 29.9. The molecule has 0 aliphatic carbocycles. The van der Waals surface area contributed by atoms with Crippen LogP contribution in [0.4, 0.5) is 0 Å². The van der Waals surface area contributed by atoms with Crippen LogP contribution in [0.25, 0.3) is 0 Å². The van der Waals surface area contributed by atoms with Crippen LogP contribution >= 0.6 is 0 Å². The average Bonchev–Trinajstić information content (AvgIpc) is 3.21. The van der Waals surface area contributed by atoms with E-state index < -0.39 is 6.04 Å². The van der Waals surface area contributed by atoms with E-state index in [4.69, 9.17) is 4.42 Å². The van der Waals surface area contributed by atoms with Crippen LogP contribution in [-0.4, -0.2) is 40.7 Å². The summed E-state index contributed by atoms with van der Waals surface area (Å²) in [6.07, 6.45) is 4.11. The van der Waals surface area contributed by atoms with Gasteiger partial charge in [0.1, 0.15) is 6.04 Å². The van der Waals surface area contributed by atoms with E-state index in [0.29, 0.717) is 18.9 Å². The predicted molar refractivity (Wildman–Crippen MR) is 97.5 cm³/mol. The first-order chi connectivity index (χ1) is 12.6. The molecule has 2 amide bonds. The largest absolute Gasteiger partial charge is 0.459 e. The number of hydrogen-bond donors (Lipinski definition) is 0. The maximum atomic E-state index is 13.3. The third kappa shape index (κ3) is 3.14. The van der Waals surface area contributed by atoms with Gasteiger partial charge in [0.15, 0.2) is 5.76 Å². The number of amides is 2. The van der Waals surface area contributed by atoms with E-state index >= 15 is 0 Å². The predicted octanol–water partition coefficient (Wildman–Crippen LogP) is 3.11. The van der Waals surface area contributed by atoms with Crippen molar-refractivity contribution in [1.29, 1.82) is 0 Å². The number of likely N-dealkylation sites (tertiary alicyclic amines) is 1. The maximum absolute atomic E-state index is 13.3. The molecule has 1 atom stereocenters. The number of nitrogens with zero attached hydrogens (tertiary/aromatic N) is 2. The van der Waals surface area contributed by atoms with Crippen molar-refractivity contribution >= 4 is 11.8 Å². The fourth-order valence-electron chi connectivity index (χ4n) is 3.94. The molecule has 2 aliphatic rings. The number of hydrogen-bond acceptors (Lipinski definition) is 3. The minimum absolute atomic E-state index is 0.0614. The van der Waals surface area contributed by atoms with Crippen LogP contribution in [0, 0.1) is 5.92 Å². The second kappa shape index (κ2) is 6.98. The number of carbonyl (C=O) groups is 2. The van der Waals surface area contributed by atoms with Gasteiger partial charge in [0.05, 0.1) is 6.26 Å². The molecule has 1 fully saturated rings. The van der Waals surface area contributed by atoms with Gasteiger partial charge in [0.2, 0.25) is 5.91 Å². The average molecular weight is 352 g/mol. The van der Waals surface area contributed by atoms with Crippen molar-refractivity contribution in [2.45, 2.75) is 38.8 Å². The summed E-state index contributed by atoms with van der Waals surface area (Å²) in [5.41, 5.74) is 2.25. The van der Waals surface area contributed by atoms with E-state index in [2.05, 4.69) is 13.0 Å². The van der Waals surface area contributed by atoms with E-state index in [9.17, 15) is 9.59 Å². The Morgan fingerprint density at radius 1 is 1.04 bits per heavy atom. The Hall–Kier alpha value is -2.56. The molecule has 0 unspecified atom stereocenters. The number of rotatable bonds is 2. The monoisotopic (exact) mass is 352 g/mol. The summed E-state index contributed by atoms with van der Waals surface area (Å²) in [7, 11) is 0. The smallest absolute Gasteiger partial charge is 0.290 e. The lowest BCUT2D eigenvalue weighted by Gasteiger charge is -2.40. The quantitative estimate of drug-likeness (QED) is 0.834. The Labute approximate surface area is 153 Å². The molecule has 1 aromatic heterocycles. The summed E-state index contributed by atoms with van der Waals surface area (Å²) in [5.74, 6) is 0.793. The van der Waals surface area contributed by atoms with Crippen LogP contribution in [0.2, 0.25) is 0 Å². The maximum Gasteiger partial charge on any atom is 0.290 e. The van der Waals surface area contributed by atoms with Gasteiger partial charge in [-0.2, -0.15) is 0 Å².